The Bertz CT molecular complexity index is 916. The van der Waals surface area contributed by atoms with E-state index in [1.54, 1.807) is 0 Å². The smallest absolute Gasteiger partial charge is 0.258 e. The maximum absolute atomic E-state index is 12.0. The van der Waals surface area contributed by atoms with Crippen LogP contribution in [0, 0.1) is 4.77 Å². The summed E-state index contributed by atoms with van der Waals surface area (Å²) in [7, 11) is 0. The first-order valence-electron chi connectivity index (χ1n) is 7.69. The van der Waals surface area contributed by atoms with Gasteiger partial charge in [0.15, 0.2) is 17.2 Å². The van der Waals surface area contributed by atoms with E-state index in [1.807, 2.05) is 54.0 Å². The number of hydrogen-bond acceptors (Lipinski definition) is 4. The van der Waals surface area contributed by atoms with Gasteiger partial charge in [-0.1, -0.05) is 30.3 Å². The summed E-state index contributed by atoms with van der Waals surface area (Å²) in [5.41, 5.74) is 0. The molecule has 0 spiro atoms. The largest absolute Gasteiger partial charge is 0.484 e. The minimum Gasteiger partial charge on any atom is -0.484 e. The van der Waals surface area contributed by atoms with Crippen molar-refractivity contribution >= 4 is 28.9 Å². The summed E-state index contributed by atoms with van der Waals surface area (Å²) in [5, 5.41) is 11.8. The Morgan fingerprint density at radius 1 is 1.29 bits per heavy atom. The lowest BCUT2D eigenvalue weighted by molar-refractivity contribution is -0.123. The van der Waals surface area contributed by atoms with Crippen LogP contribution in [0.4, 0.5) is 0 Å². The molecule has 24 heavy (non-hydrogen) atoms. The number of amides is 1. The third kappa shape index (κ3) is 3.62. The third-order valence-corrected chi connectivity index (χ3v) is 4.00. The van der Waals surface area contributed by atoms with Gasteiger partial charge < -0.3 is 14.6 Å². The van der Waals surface area contributed by atoms with E-state index in [0.717, 1.165) is 10.8 Å². The van der Waals surface area contributed by atoms with Crippen molar-refractivity contribution in [1.29, 1.82) is 0 Å². The number of nitrogens with one attached hydrogen (secondary N) is 2. The lowest BCUT2D eigenvalue weighted by Crippen LogP contribution is -2.29. The maximum Gasteiger partial charge on any atom is 0.258 e. The molecule has 0 aliphatic heterocycles. The van der Waals surface area contributed by atoms with Gasteiger partial charge in [-0.3, -0.25) is 9.89 Å². The van der Waals surface area contributed by atoms with Crippen LogP contribution in [0.1, 0.15) is 12.7 Å². The van der Waals surface area contributed by atoms with Crippen molar-refractivity contribution in [2.45, 2.75) is 20.0 Å². The van der Waals surface area contributed by atoms with Crippen LogP contribution < -0.4 is 10.1 Å². The Morgan fingerprint density at radius 2 is 2.08 bits per heavy atom. The van der Waals surface area contributed by atoms with Crippen molar-refractivity contribution in [3.05, 3.63) is 53.1 Å². The summed E-state index contributed by atoms with van der Waals surface area (Å²) >= 11 is 5.11. The summed E-state index contributed by atoms with van der Waals surface area (Å²) in [6.45, 7) is 2.93. The van der Waals surface area contributed by atoms with Crippen molar-refractivity contribution in [3.63, 3.8) is 0 Å². The average Bonchev–Trinajstić information content (AvgIpc) is 2.97. The Hall–Kier alpha value is -2.67. The van der Waals surface area contributed by atoms with Crippen molar-refractivity contribution in [3.8, 4) is 5.75 Å². The number of aromatic nitrogens is 3. The summed E-state index contributed by atoms with van der Waals surface area (Å²) < 4.78 is 7.94. The van der Waals surface area contributed by atoms with Crippen molar-refractivity contribution < 1.29 is 9.53 Å². The second-order valence-corrected chi connectivity index (χ2v) is 5.65. The molecule has 0 aliphatic rings. The van der Waals surface area contributed by atoms with E-state index in [2.05, 4.69) is 15.5 Å². The summed E-state index contributed by atoms with van der Waals surface area (Å²) in [6.07, 6.45) is 0. The van der Waals surface area contributed by atoms with Crippen LogP contribution in [0.5, 0.6) is 5.75 Å². The van der Waals surface area contributed by atoms with Gasteiger partial charge in [-0.15, -0.1) is 0 Å². The average molecular weight is 342 g/mol. The van der Waals surface area contributed by atoms with Crippen molar-refractivity contribution in [2.24, 2.45) is 0 Å². The normalized spacial score (nSPS) is 10.7. The molecule has 0 fully saturated rings. The zero-order chi connectivity index (χ0) is 16.9. The third-order valence-electron chi connectivity index (χ3n) is 3.69. The molecule has 6 nitrogen and oxygen atoms in total. The first kappa shape index (κ1) is 16.2. The second kappa shape index (κ2) is 7.27. The summed E-state index contributed by atoms with van der Waals surface area (Å²) in [6, 6.07) is 13.8. The standard InChI is InChI=1S/C17H18N4O2S/c1-2-21-15(19-20-17(21)24)10-18-16(22)11-23-14-8-7-12-5-3-4-6-13(12)9-14/h3-9H,2,10-11H2,1H3,(H,18,22)(H,20,24). The Morgan fingerprint density at radius 3 is 2.88 bits per heavy atom. The molecule has 0 radical (unpaired) electrons. The Kier molecular flexibility index (Phi) is 4.90. The molecular formula is C17H18N4O2S. The topological polar surface area (TPSA) is 71.9 Å². The molecule has 0 aliphatic carbocycles. The molecule has 0 bridgehead atoms. The summed E-state index contributed by atoms with van der Waals surface area (Å²) in [4.78, 5) is 12.0. The van der Waals surface area contributed by atoms with Gasteiger partial charge in [0, 0.05) is 6.54 Å². The number of nitrogens with zero attached hydrogens (tertiary/aromatic N) is 2. The van der Waals surface area contributed by atoms with Crippen LogP contribution in [-0.4, -0.2) is 27.3 Å². The Balaban J connectivity index is 1.55. The fourth-order valence-electron chi connectivity index (χ4n) is 2.45. The lowest BCUT2D eigenvalue weighted by atomic mass is 10.1. The number of carbonyl (C=O) groups is 1. The van der Waals surface area contributed by atoms with Crippen LogP contribution >= 0.6 is 12.2 Å². The van der Waals surface area contributed by atoms with Gasteiger partial charge in [-0.2, -0.15) is 5.10 Å². The van der Waals surface area contributed by atoms with Crippen LogP contribution in [0.25, 0.3) is 10.8 Å². The van der Waals surface area contributed by atoms with Crippen LogP contribution in [-0.2, 0) is 17.9 Å². The van der Waals surface area contributed by atoms with E-state index >= 15 is 0 Å². The van der Waals surface area contributed by atoms with Gasteiger partial charge in [0.2, 0.25) is 0 Å². The molecular weight excluding hydrogens is 324 g/mol. The molecule has 2 aromatic carbocycles. The molecule has 124 valence electrons. The SMILES string of the molecule is CCn1c(CNC(=O)COc2ccc3ccccc3c2)n[nH]c1=S. The highest BCUT2D eigenvalue weighted by atomic mass is 32.1. The highest BCUT2D eigenvalue weighted by Gasteiger charge is 2.08. The van der Waals surface area contributed by atoms with E-state index < -0.39 is 0 Å². The molecule has 3 aromatic rings. The predicted octanol–water partition coefficient (Wildman–Crippen LogP) is 2.81. The van der Waals surface area contributed by atoms with E-state index in [-0.39, 0.29) is 12.5 Å². The van der Waals surface area contributed by atoms with Gasteiger partial charge in [0.05, 0.1) is 6.54 Å². The zero-order valence-electron chi connectivity index (χ0n) is 13.3. The number of aromatic amines is 1. The van der Waals surface area contributed by atoms with Crippen LogP contribution in [0.2, 0.25) is 0 Å². The zero-order valence-corrected chi connectivity index (χ0v) is 14.1. The molecule has 7 heteroatoms. The fraction of sp³-hybridized carbons (Fsp3) is 0.235. The van der Waals surface area contributed by atoms with Gasteiger partial charge in [0.1, 0.15) is 5.75 Å². The first-order chi connectivity index (χ1) is 11.7. The minimum absolute atomic E-state index is 0.0460. The van der Waals surface area contributed by atoms with E-state index in [0.29, 0.717) is 29.4 Å². The number of H-pyrrole nitrogens is 1. The second-order valence-electron chi connectivity index (χ2n) is 5.26. The number of hydrogen-bond donors (Lipinski definition) is 2. The molecule has 1 aromatic heterocycles. The van der Waals surface area contributed by atoms with Crippen LogP contribution in [0.15, 0.2) is 42.5 Å². The van der Waals surface area contributed by atoms with Gasteiger partial charge in [-0.25, -0.2) is 0 Å². The Labute approximate surface area is 144 Å². The highest BCUT2D eigenvalue weighted by molar-refractivity contribution is 7.71. The van der Waals surface area contributed by atoms with Gasteiger partial charge in [-0.05, 0) is 42.0 Å². The highest BCUT2D eigenvalue weighted by Crippen LogP contribution is 2.20. The van der Waals surface area contributed by atoms with E-state index in [1.165, 1.54) is 0 Å². The number of benzene rings is 2. The molecule has 1 heterocycles. The molecule has 0 saturated heterocycles. The van der Waals surface area contributed by atoms with Gasteiger partial charge >= 0.3 is 0 Å². The molecule has 2 N–H and O–H groups in total. The molecule has 0 unspecified atom stereocenters. The molecule has 0 saturated carbocycles. The molecule has 3 rings (SSSR count). The van der Waals surface area contributed by atoms with E-state index in [4.69, 9.17) is 17.0 Å². The fourth-order valence-corrected chi connectivity index (χ4v) is 2.73. The number of rotatable bonds is 6. The lowest BCUT2D eigenvalue weighted by Gasteiger charge is -2.08. The van der Waals surface area contributed by atoms with Crippen molar-refractivity contribution in [1.82, 2.24) is 20.1 Å². The van der Waals surface area contributed by atoms with Crippen molar-refractivity contribution in [2.75, 3.05) is 6.61 Å². The number of carbonyl (C=O) groups excluding carboxylic acids is 1. The first-order valence-corrected chi connectivity index (χ1v) is 8.10. The summed E-state index contributed by atoms with van der Waals surface area (Å²) in [5.74, 6) is 1.15. The molecule has 1 amide bonds. The number of fused-ring (bicyclic) bond motifs is 1. The predicted molar refractivity (Wildman–Crippen MR) is 94.4 cm³/mol. The maximum atomic E-state index is 12.0. The van der Waals surface area contributed by atoms with E-state index in [9.17, 15) is 4.79 Å². The van der Waals surface area contributed by atoms with Crippen LogP contribution in [0.3, 0.4) is 0 Å². The van der Waals surface area contributed by atoms with Gasteiger partial charge in [0.25, 0.3) is 5.91 Å². The monoisotopic (exact) mass is 342 g/mol. The quantitative estimate of drug-likeness (QED) is 0.676. The molecule has 0 atom stereocenters. The minimum atomic E-state index is -0.209. The number of ether oxygens (including phenoxy) is 1.